The summed E-state index contributed by atoms with van der Waals surface area (Å²) in [6, 6.07) is 12.9. The van der Waals surface area contributed by atoms with Crippen LogP contribution < -0.4 is 4.74 Å². The van der Waals surface area contributed by atoms with Gasteiger partial charge in [0.05, 0.1) is 0 Å². The van der Waals surface area contributed by atoms with Gasteiger partial charge in [-0.1, -0.05) is 30.3 Å². The van der Waals surface area contributed by atoms with E-state index in [2.05, 4.69) is 4.98 Å². The van der Waals surface area contributed by atoms with E-state index in [4.69, 9.17) is 10.00 Å². The normalized spacial score (nSPS) is 9.59. The van der Waals surface area contributed by atoms with Gasteiger partial charge in [-0.3, -0.25) is 0 Å². The number of rotatable bonds is 3. The van der Waals surface area contributed by atoms with Crippen LogP contribution in [0.2, 0.25) is 0 Å². The molecular formula is C13H10N2O2. The molecule has 0 saturated carbocycles. The SMILES string of the molecule is N#Cc1nccc(OCc2ccccc2)c1O. The molecule has 4 heteroatoms. The maximum Gasteiger partial charge on any atom is 0.195 e. The molecule has 0 bridgehead atoms. The number of hydrogen-bond donors (Lipinski definition) is 1. The zero-order valence-corrected chi connectivity index (χ0v) is 9.00. The standard InChI is InChI=1S/C13H10N2O2/c14-8-11-13(16)12(6-7-15-11)17-9-10-4-2-1-3-5-10/h1-7,16H,9H2. The van der Waals surface area contributed by atoms with Crippen molar-refractivity contribution < 1.29 is 9.84 Å². The van der Waals surface area contributed by atoms with Crippen molar-refractivity contribution in [3.05, 3.63) is 53.9 Å². The second-order valence-corrected chi connectivity index (χ2v) is 3.39. The lowest BCUT2D eigenvalue weighted by Gasteiger charge is -2.07. The quantitative estimate of drug-likeness (QED) is 0.871. The summed E-state index contributed by atoms with van der Waals surface area (Å²) in [6.07, 6.45) is 1.43. The molecule has 0 aliphatic heterocycles. The van der Waals surface area contributed by atoms with Crippen molar-refractivity contribution >= 4 is 0 Å². The molecule has 4 nitrogen and oxygen atoms in total. The van der Waals surface area contributed by atoms with Gasteiger partial charge >= 0.3 is 0 Å². The smallest absolute Gasteiger partial charge is 0.195 e. The Balaban J connectivity index is 2.13. The molecule has 0 unspecified atom stereocenters. The highest BCUT2D eigenvalue weighted by atomic mass is 16.5. The first-order valence-electron chi connectivity index (χ1n) is 5.06. The van der Waals surface area contributed by atoms with Gasteiger partial charge in [-0.25, -0.2) is 4.98 Å². The second kappa shape index (κ2) is 4.99. The minimum atomic E-state index is -0.217. The summed E-state index contributed by atoms with van der Waals surface area (Å²) in [5.41, 5.74) is 0.956. The molecule has 17 heavy (non-hydrogen) atoms. The molecule has 0 amide bonds. The minimum Gasteiger partial charge on any atom is -0.502 e. The summed E-state index contributed by atoms with van der Waals surface area (Å²) in [6.45, 7) is 0.337. The fraction of sp³-hybridized carbons (Fsp3) is 0.0769. The second-order valence-electron chi connectivity index (χ2n) is 3.39. The van der Waals surface area contributed by atoms with Crippen LogP contribution in [-0.4, -0.2) is 10.1 Å². The minimum absolute atomic E-state index is 0.0319. The number of pyridine rings is 1. The topological polar surface area (TPSA) is 66.1 Å². The third kappa shape index (κ3) is 2.52. The van der Waals surface area contributed by atoms with E-state index >= 15 is 0 Å². The van der Waals surface area contributed by atoms with E-state index in [0.717, 1.165) is 5.56 Å². The number of ether oxygens (including phenoxy) is 1. The summed E-state index contributed by atoms with van der Waals surface area (Å²) in [7, 11) is 0. The molecule has 0 spiro atoms. The molecule has 0 aliphatic carbocycles. The number of aromatic nitrogens is 1. The summed E-state index contributed by atoms with van der Waals surface area (Å²) in [4.78, 5) is 3.72. The van der Waals surface area contributed by atoms with Crippen molar-refractivity contribution in [3.63, 3.8) is 0 Å². The third-order valence-corrected chi connectivity index (χ3v) is 2.23. The van der Waals surface area contributed by atoms with Gasteiger partial charge in [0, 0.05) is 12.3 Å². The van der Waals surface area contributed by atoms with Crippen LogP contribution in [-0.2, 0) is 6.61 Å². The van der Waals surface area contributed by atoms with Gasteiger partial charge in [-0.2, -0.15) is 5.26 Å². The lowest BCUT2D eigenvalue weighted by Crippen LogP contribution is -1.96. The van der Waals surface area contributed by atoms with Crippen molar-refractivity contribution in [2.45, 2.75) is 6.61 Å². The van der Waals surface area contributed by atoms with Gasteiger partial charge in [0.15, 0.2) is 17.2 Å². The van der Waals surface area contributed by atoms with Gasteiger partial charge in [0.2, 0.25) is 0 Å². The Hall–Kier alpha value is -2.54. The van der Waals surface area contributed by atoms with Crippen molar-refractivity contribution in [2.24, 2.45) is 0 Å². The van der Waals surface area contributed by atoms with Crippen molar-refractivity contribution in [1.29, 1.82) is 5.26 Å². The number of nitrogens with zero attached hydrogens (tertiary/aromatic N) is 2. The molecule has 0 fully saturated rings. The van der Waals surface area contributed by atoms with E-state index in [1.54, 1.807) is 6.07 Å². The van der Waals surface area contributed by atoms with Crippen LogP contribution in [0.25, 0.3) is 0 Å². The van der Waals surface area contributed by atoms with Crippen LogP contribution in [0.3, 0.4) is 0 Å². The highest BCUT2D eigenvalue weighted by Gasteiger charge is 2.08. The number of nitriles is 1. The monoisotopic (exact) mass is 226 g/mol. The molecule has 0 aliphatic rings. The summed E-state index contributed by atoms with van der Waals surface area (Å²) < 4.78 is 5.42. The van der Waals surface area contributed by atoms with Gasteiger partial charge < -0.3 is 9.84 Å². The van der Waals surface area contributed by atoms with Gasteiger partial charge in [0.25, 0.3) is 0 Å². The number of hydrogen-bond acceptors (Lipinski definition) is 4. The number of aromatic hydroxyl groups is 1. The van der Waals surface area contributed by atoms with E-state index in [1.165, 1.54) is 12.3 Å². The Labute approximate surface area is 98.7 Å². The Morgan fingerprint density at radius 1 is 1.24 bits per heavy atom. The Morgan fingerprint density at radius 2 is 2.00 bits per heavy atom. The lowest BCUT2D eigenvalue weighted by molar-refractivity contribution is 0.288. The predicted molar refractivity (Wildman–Crippen MR) is 61.4 cm³/mol. The third-order valence-electron chi connectivity index (χ3n) is 2.23. The predicted octanol–water partition coefficient (Wildman–Crippen LogP) is 2.24. The molecule has 1 N–H and O–H groups in total. The Kier molecular flexibility index (Phi) is 3.22. The molecule has 1 heterocycles. The average Bonchev–Trinajstić information content (AvgIpc) is 2.39. The zero-order valence-electron chi connectivity index (χ0n) is 9.00. The Bertz CT molecular complexity index is 547. The lowest BCUT2D eigenvalue weighted by atomic mass is 10.2. The van der Waals surface area contributed by atoms with E-state index in [9.17, 15) is 5.11 Å². The zero-order chi connectivity index (χ0) is 12.1. The van der Waals surface area contributed by atoms with Crippen molar-refractivity contribution in [2.75, 3.05) is 0 Å². The first kappa shape index (κ1) is 11.0. The van der Waals surface area contributed by atoms with Crippen LogP contribution >= 0.6 is 0 Å². The van der Waals surface area contributed by atoms with Crippen LogP contribution in [0.1, 0.15) is 11.3 Å². The summed E-state index contributed by atoms with van der Waals surface area (Å²) >= 11 is 0. The molecule has 2 rings (SSSR count). The van der Waals surface area contributed by atoms with E-state index < -0.39 is 0 Å². The molecule has 84 valence electrons. The fourth-order valence-electron chi connectivity index (χ4n) is 1.37. The maximum atomic E-state index is 9.66. The molecular weight excluding hydrogens is 216 g/mol. The first-order valence-corrected chi connectivity index (χ1v) is 5.06. The van der Waals surface area contributed by atoms with Crippen molar-refractivity contribution in [1.82, 2.24) is 4.98 Å². The molecule has 1 aromatic heterocycles. The fourth-order valence-corrected chi connectivity index (χ4v) is 1.37. The van der Waals surface area contributed by atoms with Gasteiger partial charge in [-0.15, -0.1) is 0 Å². The summed E-state index contributed by atoms with van der Waals surface area (Å²) in [5, 5.41) is 18.4. The highest BCUT2D eigenvalue weighted by molar-refractivity contribution is 5.46. The van der Waals surface area contributed by atoms with Crippen LogP contribution in [0.4, 0.5) is 0 Å². The van der Waals surface area contributed by atoms with E-state index in [0.29, 0.717) is 6.61 Å². The van der Waals surface area contributed by atoms with Crippen LogP contribution in [0.15, 0.2) is 42.6 Å². The van der Waals surface area contributed by atoms with Crippen LogP contribution in [0.5, 0.6) is 11.5 Å². The van der Waals surface area contributed by atoms with Gasteiger partial charge in [-0.05, 0) is 5.56 Å². The average molecular weight is 226 g/mol. The molecule has 0 radical (unpaired) electrons. The van der Waals surface area contributed by atoms with E-state index in [1.807, 2.05) is 30.3 Å². The molecule has 0 saturated heterocycles. The molecule has 2 aromatic rings. The van der Waals surface area contributed by atoms with Gasteiger partial charge in [0.1, 0.15) is 12.7 Å². The summed E-state index contributed by atoms with van der Waals surface area (Å²) in [5.74, 6) is 0.0475. The van der Waals surface area contributed by atoms with Crippen LogP contribution in [0, 0.1) is 11.3 Å². The highest BCUT2D eigenvalue weighted by Crippen LogP contribution is 2.28. The first-order chi connectivity index (χ1) is 8.31. The maximum absolute atomic E-state index is 9.66. The molecule has 1 aromatic carbocycles. The number of benzene rings is 1. The Morgan fingerprint density at radius 3 is 2.71 bits per heavy atom. The van der Waals surface area contributed by atoms with E-state index in [-0.39, 0.29) is 17.2 Å². The molecule has 0 atom stereocenters. The largest absolute Gasteiger partial charge is 0.502 e. The van der Waals surface area contributed by atoms with Crippen molar-refractivity contribution in [3.8, 4) is 17.6 Å².